The molecular formula is C20H14F2N4O. The van der Waals surface area contributed by atoms with Crippen LogP contribution in [0.3, 0.4) is 0 Å². The van der Waals surface area contributed by atoms with Crippen LogP contribution in [0.2, 0.25) is 0 Å². The summed E-state index contributed by atoms with van der Waals surface area (Å²) in [6.45, 7) is 0.312. The molecule has 4 aromatic rings. The van der Waals surface area contributed by atoms with E-state index in [9.17, 15) is 8.78 Å². The second-order valence-corrected chi connectivity index (χ2v) is 5.77. The Morgan fingerprint density at radius 2 is 1.89 bits per heavy atom. The van der Waals surface area contributed by atoms with Crippen LogP contribution >= 0.6 is 0 Å². The summed E-state index contributed by atoms with van der Waals surface area (Å²) >= 11 is 0. The first-order valence-corrected chi connectivity index (χ1v) is 8.20. The van der Waals surface area contributed by atoms with Gasteiger partial charge in [-0.3, -0.25) is 4.98 Å². The average Bonchev–Trinajstić information content (AvgIpc) is 2.69. The van der Waals surface area contributed by atoms with Gasteiger partial charge < -0.3 is 10.1 Å². The van der Waals surface area contributed by atoms with Crippen molar-refractivity contribution in [2.75, 3.05) is 5.32 Å². The molecule has 0 fully saturated rings. The number of hydrogen-bond donors (Lipinski definition) is 1. The lowest BCUT2D eigenvalue weighted by Gasteiger charge is -2.10. The fourth-order valence-corrected chi connectivity index (χ4v) is 2.65. The van der Waals surface area contributed by atoms with Crippen LogP contribution in [0.15, 0.2) is 67.3 Å². The molecule has 0 aliphatic carbocycles. The van der Waals surface area contributed by atoms with Crippen molar-refractivity contribution >= 4 is 16.7 Å². The van der Waals surface area contributed by atoms with E-state index in [1.165, 1.54) is 24.7 Å². The van der Waals surface area contributed by atoms with E-state index in [-0.39, 0.29) is 11.3 Å². The zero-order chi connectivity index (χ0) is 18.6. The number of anilines is 1. The van der Waals surface area contributed by atoms with Crippen molar-refractivity contribution in [3.63, 3.8) is 0 Å². The molecule has 0 aliphatic rings. The Labute approximate surface area is 153 Å². The van der Waals surface area contributed by atoms with Gasteiger partial charge in [-0.2, -0.15) is 0 Å². The number of aromatic nitrogens is 3. The Bertz CT molecular complexity index is 1090. The number of para-hydroxylation sites is 1. The minimum absolute atomic E-state index is 0.112. The van der Waals surface area contributed by atoms with Crippen LogP contribution in [-0.2, 0) is 6.54 Å². The van der Waals surface area contributed by atoms with E-state index in [0.717, 1.165) is 0 Å². The van der Waals surface area contributed by atoms with Crippen molar-refractivity contribution in [1.29, 1.82) is 0 Å². The van der Waals surface area contributed by atoms with Crippen LogP contribution in [0.1, 0.15) is 5.56 Å². The molecule has 0 unspecified atom stereocenters. The summed E-state index contributed by atoms with van der Waals surface area (Å²) in [4.78, 5) is 12.0. The second kappa shape index (κ2) is 7.33. The van der Waals surface area contributed by atoms with E-state index in [1.807, 2.05) is 0 Å². The predicted molar refractivity (Wildman–Crippen MR) is 97.5 cm³/mol. The normalized spacial score (nSPS) is 10.7. The molecule has 4 rings (SSSR count). The number of fused-ring (bicyclic) bond motifs is 1. The quantitative estimate of drug-likeness (QED) is 0.556. The van der Waals surface area contributed by atoms with Gasteiger partial charge in [0.15, 0.2) is 11.6 Å². The number of ether oxygens (including phenoxy) is 1. The van der Waals surface area contributed by atoms with Gasteiger partial charge in [-0.25, -0.2) is 18.7 Å². The molecule has 0 saturated heterocycles. The number of hydrogen-bond acceptors (Lipinski definition) is 5. The zero-order valence-electron chi connectivity index (χ0n) is 14.1. The van der Waals surface area contributed by atoms with Gasteiger partial charge in [0.2, 0.25) is 0 Å². The summed E-state index contributed by atoms with van der Waals surface area (Å²) in [6.07, 6.45) is 4.41. The summed E-state index contributed by atoms with van der Waals surface area (Å²) in [5.74, 6) is 0.145. The number of nitrogens with zero attached hydrogens (tertiary/aromatic N) is 3. The van der Waals surface area contributed by atoms with Gasteiger partial charge in [-0.15, -0.1) is 0 Å². The first kappa shape index (κ1) is 16.8. The summed E-state index contributed by atoms with van der Waals surface area (Å²) in [7, 11) is 0. The summed E-state index contributed by atoms with van der Waals surface area (Å²) < 4.78 is 33.6. The van der Waals surface area contributed by atoms with Gasteiger partial charge >= 0.3 is 0 Å². The Hall–Kier alpha value is -3.61. The lowest BCUT2D eigenvalue weighted by molar-refractivity contribution is 0.440. The lowest BCUT2D eigenvalue weighted by Crippen LogP contribution is -2.03. The van der Waals surface area contributed by atoms with Gasteiger partial charge in [0.1, 0.15) is 29.2 Å². The van der Waals surface area contributed by atoms with Gasteiger partial charge in [-0.1, -0.05) is 12.1 Å². The van der Waals surface area contributed by atoms with Crippen molar-refractivity contribution in [3.05, 3.63) is 84.4 Å². The number of halogens is 2. The van der Waals surface area contributed by atoms with E-state index in [4.69, 9.17) is 4.74 Å². The third kappa shape index (κ3) is 3.67. The van der Waals surface area contributed by atoms with Crippen molar-refractivity contribution < 1.29 is 13.5 Å². The Balaban J connectivity index is 1.51. The van der Waals surface area contributed by atoms with E-state index in [0.29, 0.717) is 29.1 Å². The van der Waals surface area contributed by atoms with Crippen molar-refractivity contribution in [2.45, 2.75) is 6.54 Å². The Kier molecular flexibility index (Phi) is 4.57. The van der Waals surface area contributed by atoms with Gasteiger partial charge in [0.25, 0.3) is 0 Å². The van der Waals surface area contributed by atoms with Crippen molar-refractivity contribution in [3.8, 4) is 11.5 Å². The highest BCUT2D eigenvalue weighted by molar-refractivity contribution is 5.89. The monoisotopic (exact) mass is 364 g/mol. The molecule has 0 saturated carbocycles. The van der Waals surface area contributed by atoms with Crippen LogP contribution in [0.25, 0.3) is 10.9 Å². The highest BCUT2D eigenvalue weighted by atomic mass is 19.1. The van der Waals surface area contributed by atoms with Crippen molar-refractivity contribution in [2.24, 2.45) is 0 Å². The number of rotatable bonds is 5. The number of pyridine rings is 1. The van der Waals surface area contributed by atoms with E-state index in [2.05, 4.69) is 20.3 Å². The SMILES string of the molecule is Fc1cc(CNc2ncnc3c(F)cccc23)ccc1Oc1cccnc1. The van der Waals surface area contributed by atoms with E-state index < -0.39 is 11.6 Å². The molecule has 1 N–H and O–H groups in total. The van der Waals surface area contributed by atoms with Gasteiger partial charge in [-0.05, 0) is 42.0 Å². The zero-order valence-corrected chi connectivity index (χ0v) is 14.1. The third-order valence-corrected chi connectivity index (χ3v) is 3.93. The minimum atomic E-state index is -0.489. The first-order chi connectivity index (χ1) is 13.2. The fourth-order valence-electron chi connectivity index (χ4n) is 2.65. The molecule has 134 valence electrons. The van der Waals surface area contributed by atoms with Gasteiger partial charge in [0, 0.05) is 18.1 Å². The van der Waals surface area contributed by atoms with E-state index >= 15 is 0 Å². The summed E-state index contributed by atoms with van der Waals surface area (Å²) in [6, 6.07) is 12.7. The molecule has 0 radical (unpaired) electrons. The topological polar surface area (TPSA) is 59.9 Å². The lowest BCUT2D eigenvalue weighted by atomic mass is 10.2. The highest BCUT2D eigenvalue weighted by Gasteiger charge is 2.09. The molecule has 27 heavy (non-hydrogen) atoms. The molecule has 2 aromatic heterocycles. The van der Waals surface area contributed by atoms with Crippen LogP contribution in [-0.4, -0.2) is 15.0 Å². The largest absolute Gasteiger partial charge is 0.453 e. The molecule has 0 spiro atoms. The standard InChI is InChI=1S/C20H14F2N4O/c21-16-5-1-4-15-19(16)25-12-26-20(15)24-10-13-6-7-18(17(22)9-13)27-14-3-2-8-23-11-14/h1-9,11-12H,10H2,(H,24,25,26). The maximum atomic E-state index is 14.3. The third-order valence-electron chi connectivity index (χ3n) is 3.93. The minimum Gasteiger partial charge on any atom is -0.453 e. The molecule has 0 bridgehead atoms. The molecule has 2 aromatic carbocycles. The molecule has 0 aliphatic heterocycles. The number of benzene rings is 2. The molecule has 0 atom stereocenters. The van der Waals surface area contributed by atoms with Crippen LogP contribution in [0.5, 0.6) is 11.5 Å². The maximum Gasteiger partial charge on any atom is 0.166 e. The summed E-state index contributed by atoms with van der Waals surface area (Å²) in [5.41, 5.74) is 0.926. The predicted octanol–water partition coefficient (Wildman–Crippen LogP) is 4.71. The first-order valence-electron chi connectivity index (χ1n) is 8.20. The van der Waals surface area contributed by atoms with Crippen LogP contribution in [0.4, 0.5) is 14.6 Å². The van der Waals surface area contributed by atoms with E-state index in [1.54, 1.807) is 42.6 Å². The average molecular weight is 364 g/mol. The Morgan fingerprint density at radius 3 is 2.70 bits per heavy atom. The number of nitrogens with one attached hydrogen (secondary N) is 1. The fraction of sp³-hybridized carbons (Fsp3) is 0.0500. The van der Waals surface area contributed by atoms with Crippen LogP contribution < -0.4 is 10.1 Å². The Morgan fingerprint density at radius 1 is 0.963 bits per heavy atom. The molecule has 5 nitrogen and oxygen atoms in total. The smallest absolute Gasteiger partial charge is 0.166 e. The maximum absolute atomic E-state index is 14.3. The second-order valence-electron chi connectivity index (χ2n) is 5.77. The molecule has 7 heteroatoms. The van der Waals surface area contributed by atoms with Crippen molar-refractivity contribution in [1.82, 2.24) is 15.0 Å². The molecule has 2 heterocycles. The van der Waals surface area contributed by atoms with Crippen LogP contribution in [0, 0.1) is 11.6 Å². The van der Waals surface area contributed by atoms with Gasteiger partial charge in [0.05, 0.1) is 6.20 Å². The highest BCUT2D eigenvalue weighted by Crippen LogP contribution is 2.25. The molecular weight excluding hydrogens is 350 g/mol. The molecule has 0 amide bonds. The summed E-state index contributed by atoms with van der Waals surface area (Å²) in [5, 5.41) is 3.66.